The maximum Gasteiger partial charge on any atom is 0.208 e. The molecule has 1 N–H and O–H groups in total. The number of rotatable bonds is 4. The van der Waals surface area contributed by atoms with E-state index >= 15 is 0 Å². The zero-order chi connectivity index (χ0) is 18.0. The van der Waals surface area contributed by atoms with E-state index in [2.05, 4.69) is 30.7 Å². The number of nitrogens with zero attached hydrogens (tertiary/aromatic N) is 2. The van der Waals surface area contributed by atoms with E-state index in [-0.39, 0.29) is 17.2 Å². The Morgan fingerprint density at radius 2 is 1.88 bits per heavy atom. The molecule has 3 rings (SSSR count). The average molecular weight is 346 g/mol. The minimum Gasteiger partial charge on any atom is -0.444 e. The van der Waals surface area contributed by atoms with Gasteiger partial charge in [0.25, 0.3) is 0 Å². The number of piperidine rings is 1. The molecule has 1 fully saturated rings. The number of hydrogen-bond acceptors (Lipinski definition) is 4. The third kappa shape index (κ3) is 4.47. The Morgan fingerprint density at radius 3 is 2.44 bits per heavy atom. The summed E-state index contributed by atoms with van der Waals surface area (Å²) in [6.45, 7) is 8.83. The third-order valence-corrected chi connectivity index (χ3v) is 4.94. The maximum atomic E-state index is 13.0. The number of aliphatic hydroxyl groups is 1. The van der Waals surface area contributed by atoms with E-state index in [0.717, 1.165) is 43.1 Å². The van der Waals surface area contributed by atoms with Crippen molar-refractivity contribution in [3.05, 3.63) is 53.5 Å². The van der Waals surface area contributed by atoms with Gasteiger partial charge in [0.05, 0.1) is 18.8 Å². The molecule has 1 unspecified atom stereocenters. The molecular formula is C20H27FN2O2. The molecule has 4 nitrogen and oxygen atoms in total. The Morgan fingerprint density at radius 1 is 1.24 bits per heavy atom. The van der Waals surface area contributed by atoms with Crippen LogP contribution in [-0.2, 0) is 12.0 Å². The Labute approximate surface area is 148 Å². The lowest BCUT2D eigenvalue weighted by atomic mass is 9.87. The quantitative estimate of drug-likeness (QED) is 0.907. The summed E-state index contributed by atoms with van der Waals surface area (Å²) < 4.78 is 18.9. The van der Waals surface area contributed by atoms with Crippen LogP contribution < -0.4 is 0 Å². The van der Waals surface area contributed by atoms with Gasteiger partial charge in [0.2, 0.25) is 5.89 Å². The molecule has 0 saturated carbocycles. The van der Waals surface area contributed by atoms with Gasteiger partial charge in [-0.25, -0.2) is 9.37 Å². The first kappa shape index (κ1) is 18.1. The number of halogens is 1. The molecule has 1 saturated heterocycles. The minimum absolute atomic E-state index is 0.0302. The standard InChI is InChI=1S/C20H27FN2O2/c1-20(2,3)17-12-22-18(25-17)13-23-10-8-15(9-11-23)19(24)14-4-6-16(21)7-5-14/h4-7,12,15,19,24H,8-11,13H2,1-3H3. The van der Waals surface area contributed by atoms with Crippen molar-refractivity contribution in [3.63, 3.8) is 0 Å². The van der Waals surface area contributed by atoms with Gasteiger partial charge < -0.3 is 9.52 Å². The number of likely N-dealkylation sites (tertiary alicyclic amines) is 1. The lowest BCUT2D eigenvalue weighted by Crippen LogP contribution is -2.35. The van der Waals surface area contributed by atoms with E-state index in [1.54, 1.807) is 12.1 Å². The van der Waals surface area contributed by atoms with Gasteiger partial charge in [-0.1, -0.05) is 32.9 Å². The van der Waals surface area contributed by atoms with Crippen LogP contribution in [0, 0.1) is 11.7 Å². The molecule has 1 aromatic heterocycles. The molecule has 0 bridgehead atoms. The molecule has 136 valence electrons. The van der Waals surface area contributed by atoms with Crippen LogP contribution in [0.2, 0.25) is 0 Å². The summed E-state index contributed by atoms with van der Waals surface area (Å²) in [6, 6.07) is 6.16. The molecule has 0 amide bonds. The lowest BCUT2D eigenvalue weighted by Gasteiger charge is -2.33. The monoisotopic (exact) mass is 346 g/mol. The second kappa shape index (κ2) is 7.26. The molecule has 1 aliphatic rings. The Kier molecular flexibility index (Phi) is 5.25. The molecule has 1 aliphatic heterocycles. The first-order valence-electron chi connectivity index (χ1n) is 8.94. The van der Waals surface area contributed by atoms with E-state index in [0.29, 0.717) is 6.54 Å². The summed E-state index contributed by atoms with van der Waals surface area (Å²) in [5.41, 5.74) is 0.764. The van der Waals surface area contributed by atoms with Crippen molar-refractivity contribution in [2.24, 2.45) is 5.92 Å². The zero-order valence-electron chi connectivity index (χ0n) is 15.2. The van der Waals surface area contributed by atoms with Crippen LogP contribution in [-0.4, -0.2) is 28.1 Å². The third-order valence-electron chi connectivity index (χ3n) is 4.94. The Hall–Kier alpha value is -1.72. The highest BCUT2D eigenvalue weighted by molar-refractivity contribution is 5.19. The minimum atomic E-state index is -0.531. The van der Waals surface area contributed by atoms with Gasteiger partial charge in [0.15, 0.2) is 0 Å². The molecule has 25 heavy (non-hydrogen) atoms. The number of benzene rings is 1. The summed E-state index contributed by atoms with van der Waals surface area (Å²) >= 11 is 0. The van der Waals surface area contributed by atoms with Gasteiger partial charge in [0, 0.05) is 5.41 Å². The largest absolute Gasteiger partial charge is 0.444 e. The molecule has 2 heterocycles. The Bertz CT molecular complexity index is 682. The second-order valence-corrected chi connectivity index (χ2v) is 7.98. The molecule has 0 spiro atoms. The Balaban J connectivity index is 1.53. The fourth-order valence-electron chi connectivity index (χ4n) is 3.28. The summed E-state index contributed by atoms with van der Waals surface area (Å²) in [4.78, 5) is 6.71. The number of hydrogen-bond donors (Lipinski definition) is 1. The van der Waals surface area contributed by atoms with E-state index in [1.165, 1.54) is 12.1 Å². The molecule has 0 aliphatic carbocycles. The highest BCUT2D eigenvalue weighted by Crippen LogP contribution is 2.31. The van der Waals surface area contributed by atoms with Crippen LogP contribution in [0.4, 0.5) is 4.39 Å². The number of aliphatic hydroxyl groups excluding tert-OH is 1. The van der Waals surface area contributed by atoms with Gasteiger partial charge >= 0.3 is 0 Å². The van der Waals surface area contributed by atoms with Gasteiger partial charge in [0.1, 0.15) is 11.6 Å². The molecule has 0 radical (unpaired) electrons. The van der Waals surface area contributed by atoms with Gasteiger partial charge in [-0.3, -0.25) is 4.90 Å². The number of aromatic nitrogens is 1. The molecule has 5 heteroatoms. The second-order valence-electron chi connectivity index (χ2n) is 7.98. The van der Waals surface area contributed by atoms with Gasteiger partial charge in [-0.05, 0) is 49.5 Å². The van der Waals surface area contributed by atoms with Gasteiger partial charge in [-0.2, -0.15) is 0 Å². The molecule has 2 aromatic rings. The lowest BCUT2D eigenvalue weighted by molar-refractivity contribution is 0.0541. The van der Waals surface area contributed by atoms with E-state index in [9.17, 15) is 9.50 Å². The summed E-state index contributed by atoms with van der Waals surface area (Å²) in [5, 5.41) is 10.5. The predicted molar refractivity (Wildman–Crippen MR) is 94.6 cm³/mol. The fraction of sp³-hybridized carbons (Fsp3) is 0.550. The number of oxazole rings is 1. The van der Waals surface area contributed by atoms with E-state index in [1.807, 2.05) is 6.20 Å². The summed E-state index contributed by atoms with van der Waals surface area (Å²) in [7, 11) is 0. The van der Waals surface area contributed by atoms with E-state index < -0.39 is 6.10 Å². The average Bonchev–Trinajstić information content (AvgIpc) is 3.04. The van der Waals surface area contributed by atoms with Crippen LogP contribution >= 0.6 is 0 Å². The molecule has 1 aromatic carbocycles. The topological polar surface area (TPSA) is 49.5 Å². The molecule has 1 atom stereocenters. The van der Waals surface area contributed by atoms with Crippen molar-refractivity contribution in [1.29, 1.82) is 0 Å². The van der Waals surface area contributed by atoms with Crippen LogP contribution in [0.15, 0.2) is 34.9 Å². The van der Waals surface area contributed by atoms with Crippen molar-refractivity contribution in [3.8, 4) is 0 Å². The summed E-state index contributed by atoms with van der Waals surface area (Å²) in [5.74, 6) is 1.59. The van der Waals surface area contributed by atoms with Crippen LogP contribution in [0.25, 0.3) is 0 Å². The normalized spacial score (nSPS) is 18.4. The van der Waals surface area contributed by atoms with E-state index in [4.69, 9.17) is 4.42 Å². The van der Waals surface area contributed by atoms with Crippen molar-refractivity contribution in [2.45, 2.75) is 51.7 Å². The first-order chi connectivity index (χ1) is 11.8. The van der Waals surface area contributed by atoms with Crippen molar-refractivity contribution in [1.82, 2.24) is 9.88 Å². The van der Waals surface area contributed by atoms with Crippen LogP contribution in [0.1, 0.15) is 56.9 Å². The van der Waals surface area contributed by atoms with Crippen LogP contribution in [0.5, 0.6) is 0 Å². The SMILES string of the molecule is CC(C)(C)c1cnc(CN2CCC(C(O)c3ccc(F)cc3)CC2)o1. The van der Waals surface area contributed by atoms with Crippen molar-refractivity contribution >= 4 is 0 Å². The maximum absolute atomic E-state index is 13.0. The predicted octanol–water partition coefficient (Wildman–Crippen LogP) is 4.06. The highest BCUT2D eigenvalue weighted by Gasteiger charge is 2.27. The zero-order valence-corrected chi connectivity index (χ0v) is 15.2. The first-order valence-corrected chi connectivity index (χ1v) is 8.94. The van der Waals surface area contributed by atoms with Crippen LogP contribution in [0.3, 0.4) is 0 Å². The van der Waals surface area contributed by atoms with Crippen molar-refractivity contribution < 1.29 is 13.9 Å². The smallest absolute Gasteiger partial charge is 0.208 e. The molecular weight excluding hydrogens is 319 g/mol. The summed E-state index contributed by atoms with van der Waals surface area (Å²) in [6.07, 6.45) is 3.11. The van der Waals surface area contributed by atoms with Crippen molar-refractivity contribution in [2.75, 3.05) is 13.1 Å². The highest BCUT2D eigenvalue weighted by atomic mass is 19.1. The van der Waals surface area contributed by atoms with Gasteiger partial charge in [-0.15, -0.1) is 0 Å². The fourth-order valence-corrected chi connectivity index (χ4v) is 3.28.